The van der Waals surface area contributed by atoms with Gasteiger partial charge in [0.2, 0.25) is 0 Å². The van der Waals surface area contributed by atoms with Crippen LogP contribution in [-0.2, 0) is 6.61 Å². The molecule has 0 aromatic carbocycles. The summed E-state index contributed by atoms with van der Waals surface area (Å²) in [7, 11) is 0. The molecule has 4 nitrogen and oxygen atoms in total. The standard InChI is InChI=1S/C16H25N3O/c1-4-6-10-18(13(3)5-2)16-14(12-20)19-11-8-7-9-15(19)17-16/h7-9,11,13,20H,4-6,10,12H2,1-3H3. The molecule has 1 atom stereocenters. The van der Waals surface area contributed by atoms with Crippen molar-refractivity contribution in [2.45, 2.75) is 52.7 Å². The van der Waals surface area contributed by atoms with Crippen LogP contribution in [0.4, 0.5) is 5.82 Å². The second kappa shape index (κ2) is 6.75. The second-order valence-corrected chi connectivity index (χ2v) is 5.27. The average molecular weight is 275 g/mol. The van der Waals surface area contributed by atoms with Gasteiger partial charge in [0, 0.05) is 18.8 Å². The zero-order valence-corrected chi connectivity index (χ0v) is 12.7. The highest BCUT2D eigenvalue weighted by Crippen LogP contribution is 2.25. The number of imidazole rings is 1. The Bertz CT molecular complexity index is 550. The summed E-state index contributed by atoms with van der Waals surface area (Å²) in [5.74, 6) is 0.932. The SMILES string of the molecule is CCCCN(c1nc2ccccn2c1CO)C(C)CC. The van der Waals surface area contributed by atoms with E-state index in [0.717, 1.165) is 43.0 Å². The normalized spacial score (nSPS) is 12.8. The van der Waals surface area contributed by atoms with Gasteiger partial charge in [-0.1, -0.05) is 26.3 Å². The van der Waals surface area contributed by atoms with Crippen molar-refractivity contribution in [3.63, 3.8) is 0 Å². The fraction of sp³-hybridized carbons (Fsp3) is 0.562. The van der Waals surface area contributed by atoms with Crippen LogP contribution in [0.2, 0.25) is 0 Å². The molecule has 2 aromatic heterocycles. The monoisotopic (exact) mass is 275 g/mol. The topological polar surface area (TPSA) is 40.8 Å². The number of aromatic nitrogens is 2. The lowest BCUT2D eigenvalue weighted by Crippen LogP contribution is -2.34. The fourth-order valence-corrected chi connectivity index (χ4v) is 2.49. The molecule has 1 unspecified atom stereocenters. The number of hydrogen-bond acceptors (Lipinski definition) is 3. The first-order valence-electron chi connectivity index (χ1n) is 7.56. The number of hydrogen-bond donors (Lipinski definition) is 1. The summed E-state index contributed by atoms with van der Waals surface area (Å²) in [5.41, 5.74) is 1.79. The van der Waals surface area contributed by atoms with Crippen LogP contribution >= 0.6 is 0 Å². The van der Waals surface area contributed by atoms with Crippen molar-refractivity contribution >= 4 is 11.5 Å². The Balaban J connectivity index is 2.45. The maximum atomic E-state index is 9.75. The zero-order valence-electron chi connectivity index (χ0n) is 12.7. The smallest absolute Gasteiger partial charge is 0.153 e. The molecule has 1 N–H and O–H groups in total. The Labute approximate surface area is 121 Å². The third-order valence-electron chi connectivity index (χ3n) is 3.90. The maximum Gasteiger partial charge on any atom is 0.153 e. The Hall–Kier alpha value is -1.55. The van der Waals surface area contributed by atoms with E-state index in [2.05, 4.69) is 25.7 Å². The van der Waals surface area contributed by atoms with E-state index in [1.54, 1.807) is 0 Å². The summed E-state index contributed by atoms with van der Waals surface area (Å²) in [4.78, 5) is 7.07. The van der Waals surface area contributed by atoms with Crippen molar-refractivity contribution in [1.29, 1.82) is 0 Å². The largest absolute Gasteiger partial charge is 0.390 e. The number of rotatable bonds is 7. The van der Waals surface area contributed by atoms with E-state index >= 15 is 0 Å². The fourth-order valence-electron chi connectivity index (χ4n) is 2.49. The summed E-state index contributed by atoms with van der Waals surface area (Å²) in [6.07, 6.45) is 5.34. The molecule has 2 heterocycles. The van der Waals surface area contributed by atoms with Gasteiger partial charge >= 0.3 is 0 Å². The average Bonchev–Trinajstić information content (AvgIpc) is 2.85. The number of fused-ring (bicyclic) bond motifs is 1. The molecule has 0 fully saturated rings. The minimum atomic E-state index is 0.0135. The van der Waals surface area contributed by atoms with Crippen LogP contribution in [0.25, 0.3) is 5.65 Å². The summed E-state index contributed by atoms with van der Waals surface area (Å²) in [5, 5.41) is 9.75. The summed E-state index contributed by atoms with van der Waals surface area (Å²) in [6.45, 7) is 7.62. The van der Waals surface area contributed by atoms with Crippen molar-refractivity contribution in [3.8, 4) is 0 Å². The van der Waals surface area contributed by atoms with Gasteiger partial charge in [-0.3, -0.25) is 4.40 Å². The van der Waals surface area contributed by atoms with Crippen LogP contribution in [0.3, 0.4) is 0 Å². The highest BCUT2D eigenvalue weighted by Gasteiger charge is 2.20. The van der Waals surface area contributed by atoms with E-state index in [1.165, 1.54) is 0 Å². The van der Waals surface area contributed by atoms with E-state index in [9.17, 15) is 5.11 Å². The van der Waals surface area contributed by atoms with E-state index in [0.29, 0.717) is 6.04 Å². The zero-order chi connectivity index (χ0) is 14.5. The van der Waals surface area contributed by atoms with Crippen molar-refractivity contribution in [1.82, 2.24) is 9.38 Å². The molecule has 0 amide bonds. The second-order valence-electron chi connectivity index (χ2n) is 5.27. The predicted octanol–water partition coefficient (Wildman–Crippen LogP) is 3.23. The number of aliphatic hydroxyl groups excluding tert-OH is 1. The molecule has 0 aliphatic carbocycles. The van der Waals surface area contributed by atoms with Crippen LogP contribution in [0.1, 0.15) is 45.7 Å². The molecule has 20 heavy (non-hydrogen) atoms. The van der Waals surface area contributed by atoms with E-state index < -0.39 is 0 Å². The minimum Gasteiger partial charge on any atom is -0.390 e. The van der Waals surface area contributed by atoms with Gasteiger partial charge in [0.25, 0.3) is 0 Å². The summed E-state index contributed by atoms with van der Waals surface area (Å²) in [6, 6.07) is 6.36. The molecule has 110 valence electrons. The Morgan fingerprint density at radius 2 is 2.15 bits per heavy atom. The minimum absolute atomic E-state index is 0.0135. The van der Waals surface area contributed by atoms with Crippen LogP contribution < -0.4 is 4.90 Å². The van der Waals surface area contributed by atoms with Crippen molar-refractivity contribution in [3.05, 3.63) is 30.1 Å². The van der Waals surface area contributed by atoms with Crippen LogP contribution in [0, 0.1) is 0 Å². The van der Waals surface area contributed by atoms with E-state index in [4.69, 9.17) is 4.98 Å². The molecule has 2 aromatic rings. The number of anilines is 1. The van der Waals surface area contributed by atoms with Gasteiger partial charge in [0.15, 0.2) is 5.82 Å². The lowest BCUT2D eigenvalue weighted by molar-refractivity contribution is 0.275. The molecule has 0 aliphatic rings. The predicted molar refractivity (Wildman–Crippen MR) is 83.1 cm³/mol. The van der Waals surface area contributed by atoms with Crippen molar-refractivity contribution in [2.75, 3.05) is 11.4 Å². The van der Waals surface area contributed by atoms with Gasteiger partial charge in [-0.2, -0.15) is 0 Å². The first-order valence-corrected chi connectivity index (χ1v) is 7.56. The molecule has 0 bridgehead atoms. The molecule has 0 radical (unpaired) electrons. The molecular weight excluding hydrogens is 250 g/mol. The summed E-state index contributed by atoms with van der Waals surface area (Å²) >= 11 is 0. The van der Waals surface area contributed by atoms with E-state index in [1.807, 2.05) is 28.8 Å². The number of nitrogens with zero attached hydrogens (tertiary/aromatic N) is 3. The summed E-state index contributed by atoms with van der Waals surface area (Å²) < 4.78 is 1.98. The van der Waals surface area contributed by atoms with Gasteiger partial charge in [-0.05, 0) is 31.9 Å². The molecule has 0 saturated heterocycles. The van der Waals surface area contributed by atoms with Crippen LogP contribution in [0.5, 0.6) is 0 Å². The number of unbranched alkanes of at least 4 members (excludes halogenated alkanes) is 1. The van der Waals surface area contributed by atoms with Gasteiger partial charge < -0.3 is 10.0 Å². The third-order valence-corrected chi connectivity index (χ3v) is 3.90. The first-order chi connectivity index (χ1) is 9.72. The lowest BCUT2D eigenvalue weighted by atomic mass is 10.2. The Morgan fingerprint density at radius 3 is 2.80 bits per heavy atom. The first kappa shape index (κ1) is 14.9. The molecule has 0 spiro atoms. The third kappa shape index (κ3) is 2.80. The molecule has 2 rings (SSSR count). The Morgan fingerprint density at radius 1 is 1.35 bits per heavy atom. The van der Waals surface area contributed by atoms with Crippen molar-refractivity contribution < 1.29 is 5.11 Å². The van der Waals surface area contributed by atoms with E-state index in [-0.39, 0.29) is 6.61 Å². The van der Waals surface area contributed by atoms with Gasteiger partial charge in [-0.25, -0.2) is 4.98 Å². The molecule has 0 aliphatic heterocycles. The van der Waals surface area contributed by atoms with Crippen LogP contribution in [0.15, 0.2) is 24.4 Å². The van der Waals surface area contributed by atoms with Gasteiger partial charge in [0.1, 0.15) is 5.65 Å². The highest BCUT2D eigenvalue weighted by atomic mass is 16.3. The molecule has 4 heteroatoms. The number of pyridine rings is 1. The Kier molecular flexibility index (Phi) is 5.01. The highest BCUT2D eigenvalue weighted by molar-refractivity contribution is 5.56. The lowest BCUT2D eigenvalue weighted by Gasteiger charge is -2.29. The molecule has 0 saturated carbocycles. The van der Waals surface area contributed by atoms with Gasteiger partial charge in [0.05, 0.1) is 12.3 Å². The number of aliphatic hydroxyl groups is 1. The van der Waals surface area contributed by atoms with Crippen LogP contribution in [-0.4, -0.2) is 27.1 Å². The molecular formula is C16H25N3O. The quantitative estimate of drug-likeness (QED) is 0.843. The maximum absolute atomic E-state index is 9.75. The van der Waals surface area contributed by atoms with Crippen molar-refractivity contribution in [2.24, 2.45) is 0 Å². The van der Waals surface area contributed by atoms with Gasteiger partial charge in [-0.15, -0.1) is 0 Å².